The second-order valence-electron chi connectivity index (χ2n) is 5.13. The maximum absolute atomic E-state index is 5.99. The van der Waals surface area contributed by atoms with E-state index >= 15 is 0 Å². The van der Waals surface area contributed by atoms with Crippen LogP contribution < -0.4 is 0 Å². The average molecular weight is 195 g/mol. The summed E-state index contributed by atoms with van der Waals surface area (Å²) in [7, 11) is 0. The van der Waals surface area contributed by atoms with E-state index in [1.165, 1.54) is 57.9 Å². The molecular formula is C12H21NO. The molecule has 2 bridgehead atoms. The first-order chi connectivity index (χ1) is 6.93. The van der Waals surface area contributed by atoms with Crippen LogP contribution in [0.3, 0.4) is 0 Å². The first-order valence-electron chi connectivity index (χ1n) is 6.35. The van der Waals surface area contributed by atoms with E-state index in [1.54, 1.807) is 0 Å². The summed E-state index contributed by atoms with van der Waals surface area (Å²) in [6, 6.07) is 0.858. The van der Waals surface area contributed by atoms with E-state index in [1.807, 2.05) is 0 Å². The van der Waals surface area contributed by atoms with Gasteiger partial charge < -0.3 is 4.74 Å². The van der Waals surface area contributed by atoms with E-state index in [0.717, 1.165) is 6.04 Å². The van der Waals surface area contributed by atoms with Crippen molar-refractivity contribution in [1.29, 1.82) is 0 Å². The summed E-state index contributed by atoms with van der Waals surface area (Å²) >= 11 is 0. The zero-order valence-electron chi connectivity index (χ0n) is 8.95. The van der Waals surface area contributed by atoms with Crippen LogP contribution in [-0.4, -0.2) is 29.8 Å². The molecular weight excluding hydrogens is 174 g/mol. The molecule has 80 valence electrons. The third-order valence-corrected chi connectivity index (χ3v) is 4.15. The molecule has 2 aliphatic heterocycles. The van der Waals surface area contributed by atoms with Gasteiger partial charge in [0.05, 0.1) is 6.10 Å². The minimum Gasteiger partial charge on any atom is -0.359 e. The van der Waals surface area contributed by atoms with Gasteiger partial charge in [0.25, 0.3) is 0 Å². The average Bonchev–Trinajstić information content (AvgIpc) is 2.55. The Kier molecular flexibility index (Phi) is 2.50. The lowest BCUT2D eigenvalue weighted by Crippen LogP contribution is -2.40. The molecule has 0 spiro atoms. The number of hydrogen-bond acceptors (Lipinski definition) is 2. The summed E-state index contributed by atoms with van der Waals surface area (Å²) in [5, 5.41) is 0. The maximum Gasteiger partial charge on any atom is 0.111 e. The lowest BCUT2D eigenvalue weighted by molar-refractivity contribution is -0.0480. The zero-order chi connectivity index (χ0) is 9.38. The molecule has 0 aromatic heterocycles. The summed E-state index contributed by atoms with van der Waals surface area (Å²) in [6.45, 7) is 1.23. The number of hydrogen-bond donors (Lipinski definition) is 0. The molecule has 2 unspecified atom stereocenters. The van der Waals surface area contributed by atoms with Gasteiger partial charge in [-0.25, -0.2) is 0 Å². The van der Waals surface area contributed by atoms with Crippen LogP contribution in [0.5, 0.6) is 0 Å². The predicted octanol–water partition coefficient (Wildman–Crippen LogP) is 2.53. The smallest absolute Gasteiger partial charge is 0.111 e. The van der Waals surface area contributed by atoms with Gasteiger partial charge in [0.15, 0.2) is 0 Å². The van der Waals surface area contributed by atoms with Gasteiger partial charge in [-0.2, -0.15) is 0 Å². The first-order valence-corrected chi connectivity index (χ1v) is 6.35. The number of rotatable bonds is 1. The molecule has 0 aromatic carbocycles. The summed E-state index contributed by atoms with van der Waals surface area (Å²) in [5.41, 5.74) is 0. The van der Waals surface area contributed by atoms with E-state index in [2.05, 4.69) is 4.90 Å². The normalized spacial score (nSPS) is 40.3. The fraction of sp³-hybridized carbons (Fsp3) is 1.00. The molecule has 2 heterocycles. The van der Waals surface area contributed by atoms with Crippen molar-refractivity contribution in [2.24, 2.45) is 0 Å². The van der Waals surface area contributed by atoms with Crippen molar-refractivity contribution in [3.05, 3.63) is 0 Å². The van der Waals surface area contributed by atoms with E-state index in [-0.39, 0.29) is 0 Å². The summed E-state index contributed by atoms with van der Waals surface area (Å²) in [6.07, 6.45) is 12.2. The molecule has 2 nitrogen and oxygen atoms in total. The van der Waals surface area contributed by atoms with Crippen LogP contribution in [0.15, 0.2) is 0 Å². The Hall–Kier alpha value is -0.0800. The largest absolute Gasteiger partial charge is 0.359 e. The highest BCUT2D eigenvalue weighted by Gasteiger charge is 2.39. The Morgan fingerprint density at radius 3 is 2.50 bits per heavy atom. The van der Waals surface area contributed by atoms with E-state index in [0.29, 0.717) is 12.3 Å². The minimum absolute atomic E-state index is 0.497. The Balaban J connectivity index is 1.66. The predicted molar refractivity (Wildman–Crippen MR) is 56.1 cm³/mol. The second-order valence-corrected chi connectivity index (χ2v) is 5.13. The standard InChI is InChI=1S/C12H21NO/c1-2-5-10(6-3-1)13-9-11-7-4-8-12(13)14-11/h10-12H,1-9H2. The molecule has 0 N–H and O–H groups in total. The van der Waals surface area contributed by atoms with Crippen LogP contribution in [0.25, 0.3) is 0 Å². The van der Waals surface area contributed by atoms with Gasteiger partial charge in [-0.15, -0.1) is 0 Å². The quantitative estimate of drug-likeness (QED) is 0.637. The topological polar surface area (TPSA) is 12.5 Å². The zero-order valence-corrected chi connectivity index (χ0v) is 8.95. The highest BCUT2D eigenvalue weighted by molar-refractivity contribution is 4.88. The SMILES string of the molecule is C1CCC(N2CC3CCCC2O3)CC1. The van der Waals surface area contributed by atoms with E-state index < -0.39 is 0 Å². The van der Waals surface area contributed by atoms with Crippen molar-refractivity contribution in [3.63, 3.8) is 0 Å². The Bertz CT molecular complexity index is 200. The van der Waals surface area contributed by atoms with Crippen molar-refractivity contribution < 1.29 is 4.74 Å². The molecule has 3 fully saturated rings. The van der Waals surface area contributed by atoms with E-state index in [4.69, 9.17) is 4.74 Å². The van der Waals surface area contributed by atoms with Gasteiger partial charge in [0, 0.05) is 12.6 Å². The summed E-state index contributed by atoms with van der Waals surface area (Å²) < 4.78 is 5.99. The number of likely N-dealkylation sites (tertiary alicyclic amines) is 1. The van der Waals surface area contributed by atoms with Gasteiger partial charge in [-0.1, -0.05) is 19.3 Å². The Labute approximate surface area is 86.6 Å². The molecule has 3 aliphatic rings. The lowest BCUT2D eigenvalue weighted by Gasteiger charge is -2.34. The van der Waals surface area contributed by atoms with E-state index in [9.17, 15) is 0 Å². The van der Waals surface area contributed by atoms with Crippen LogP contribution in [-0.2, 0) is 4.74 Å². The van der Waals surface area contributed by atoms with Gasteiger partial charge >= 0.3 is 0 Å². The molecule has 0 aromatic rings. The van der Waals surface area contributed by atoms with Crippen molar-refractivity contribution in [2.75, 3.05) is 6.54 Å². The molecule has 14 heavy (non-hydrogen) atoms. The van der Waals surface area contributed by atoms with Crippen molar-refractivity contribution in [2.45, 2.75) is 69.7 Å². The van der Waals surface area contributed by atoms with Gasteiger partial charge in [-0.3, -0.25) is 4.90 Å². The third kappa shape index (κ3) is 1.59. The van der Waals surface area contributed by atoms with Crippen LogP contribution in [0.4, 0.5) is 0 Å². The second kappa shape index (κ2) is 3.82. The Morgan fingerprint density at radius 2 is 1.71 bits per heavy atom. The minimum atomic E-state index is 0.497. The van der Waals surface area contributed by atoms with Gasteiger partial charge in [0.2, 0.25) is 0 Å². The monoisotopic (exact) mass is 195 g/mol. The van der Waals surface area contributed by atoms with Crippen molar-refractivity contribution in [3.8, 4) is 0 Å². The van der Waals surface area contributed by atoms with Crippen LogP contribution >= 0.6 is 0 Å². The molecule has 0 radical (unpaired) electrons. The molecule has 2 saturated heterocycles. The fourth-order valence-electron chi connectivity index (χ4n) is 3.41. The first kappa shape index (κ1) is 9.17. The highest BCUT2D eigenvalue weighted by atomic mass is 16.5. The third-order valence-electron chi connectivity index (χ3n) is 4.15. The van der Waals surface area contributed by atoms with Crippen LogP contribution in [0, 0.1) is 0 Å². The summed E-state index contributed by atoms with van der Waals surface area (Å²) in [5.74, 6) is 0. The van der Waals surface area contributed by atoms with Crippen LogP contribution in [0.1, 0.15) is 51.4 Å². The Morgan fingerprint density at radius 1 is 0.857 bits per heavy atom. The van der Waals surface area contributed by atoms with Crippen molar-refractivity contribution in [1.82, 2.24) is 4.90 Å². The van der Waals surface area contributed by atoms with Crippen LogP contribution in [0.2, 0.25) is 0 Å². The summed E-state index contributed by atoms with van der Waals surface area (Å²) in [4.78, 5) is 2.68. The number of nitrogens with zero attached hydrogens (tertiary/aromatic N) is 1. The van der Waals surface area contributed by atoms with Gasteiger partial charge in [-0.05, 0) is 32.1 Å². The number of fused-ring (bicyclic) bond motifs is 2. The molecule has 0 amide bonds. The lowest BCUT2D eigenvalue weighted by atomic mass is 9.94. The molecule has 1 saturated carbocycles. The molecule has 1 aliphatic carbocycles. The number of ether oxygens (including phenoxy) is 1. The van der Waals surface area contributed by atoms with Crippen molar-refractivity contribution >= 4 is 0 Å². The van der Waals surface area contributed by atoms with Gasteiger partial charge in [0.1, 0.15) is 6.23 Å². The molecule has 2 heteroatoms. The highest BCUT2D eigenvalue weighted by Crippen LogP contribution is 2.34. The molecule has 2 atom stereocenters. The molecule has 3 rings (SSSR count). The fourth-order valence-corrected chi connectivity index (χ4v) is 3.41. The maximum atomic E-state index is 5.99.